The number of aromatic amines is 1. The molecule has 1 aliphatic heterocycles. The average Bonchev–Trinajstić information content (AvgIpc) is 3.67. The number of amides is 3. The second-order valence-electron chi connectivity index (χ2n) is 10.0. The van der Waals surface area contributed by atoms with Crippen molar-refractivity contribution < 1.29 is 14.3 Å². The molecule has 3 amide bonds. The summed E-state index contributed by atoms with van der Waals surface area (Å²) in [6.07, 6.45) is 2.24. The van der Waals surface area contributed by atoms with E-state index in [0.717, 1.165) is 48.3 Å². The zero-order valence-electron chi connectivity index (χ0n) is 23.1. The summed E-state index contributed by atoms with van der Waals surface area (Å²) in [4.78, 5) is 35.0. The van der Waals surface area contributed by atoms with Gasteiger partial charge < -0.3 is 25.3 Å². The highest BCUT2D eigenvalue weighted by Crippen LogP contribution is 2.30. The summed E-state index contributed by atoms with van der Waals surface area (Å²) >= 11 is 12.9. The van der Waals surface area contributed by atoms with Gasteiger partial charge in [-0.25, -0.2) is 14.6 Å². The predicted octanol–water partition coefficient (Wildman–Crippen LogP) is 6.95. The summed E-state index contributed by atoms with van der Waals surface area (Å²) in [6.45, 7) is 2.31. The lowest BCUT2D eigenvalue weighted by Gasteiger charge is -2.22. The number of carbonyl (C=O) groups is 2. The molecule has 1 atom stereocenters. The molecule has 1 fully saturated rings. The lowest BCUT2D eigenvalue weighted by molar-refractivity contribution is 0.187. The molecular weight excluding hydrogens is 575 g/mol. The molecule has 1 saturated heterocycles. The zero-order valence-corrected chi connectivity index (χ0v) is 24.6. The molecule has 4 aromatic rings. The van der Waals surface area contributed by atoms with Crippen LogP contribution in [-0.4, -0.2) is 42.3 Å². The highest BCUT2D eigenvalue weighted by Gasteiger charge is 2.22. The third kappa shape index (κ3) is 7.35. The van der Waals surface area contributed by atoms with E-state index in [4.69, 9.17) is 28.2 Å². The van der Waals surface area contributed by atoms with E-state index in [1.165, 1.54) is 7.11 Å². The number of hydrogen-bond acceptors (Lipinski definition) is 5. The Morgan fingerprint density at radius 3 is 2.48 bits per heavy atom. The molecule has 1 aliphatic rings. The number of imidazole rings is 1. The zero-order chi connectivity index (χ0) is 29.5. The van der Waals surface area contributed by atoms with E-state index in [9.17, 15) is 9.59 Å². The summed E-state index contributed by atoms with van der Waals surface area (Å²) < 4.78 is 4.64. The second kappa shape index (κ2) is 13.6. The van der Waals surface area contributed by atoms with Crippen molar-refractivity contribution in [3.8, 4) is 11.3 Å². The fourth-order valence-electron chi connectivity index (χ4n) is 5.02. The number of anilines is 2. The highest BCUT2D eigenvalue weighted by atomic mass is 35.5. The first-order valence-electron chi connectivity index (χ1n) is 13.7. The van der Waals surface area contributed by atoms with Gasteiger partial charge in [-0.1, -0.05) is 65.7 Å². The van der Waals surface area contributed by atoms with Crippen LogP contribution < -0.4 is 20.9 Å². The van der Waals surface area contributed by atoms with Crippen LogP contribution in [0.1, 0.15) is 35.8 Å². The average molecular weight is 608 g/mol. The number of rotatable bonds is 9. The van der Waals surface area contributed by atoms with Crippen molar-refractivity contribution in [3.05, 3.63) is 99.9 Å². The second-order valence-corrected chi connectivity index (χ2v) is 10.8. The van der Waals surface area contributed by atoms with Gasteiger partial charge in [0.25, 0.3) is 0 Å². The Kier molecular flexibility index (Phi) is 9.51. The van der Waals surface area contributed by atoms with Gasteiger partial charge in [0, 0.05) is 41.6 Å². The number of hydrogen-bond donors (Lipinski definition) is 4. The molecule has 3 aromatic carbocycles. The monoisotopic (exact) mass is 606 g/mol. The van der Waals surface area contributed by atoms with Gasteiger partial charge >= 0.3 is 12.1 Å². The van der Waals surface area contributed by atoms with E-state index in [2.05, 4.69) is 30.6 Å². The van der Waals surface area contributed by atoms with E-state index < -0.39 is 12.1 Å². The van der Waals surface area contributed by atoms with Gasteiger partial charge in [0.05, 0.1) is 13.2 Å². The molecular formula is C31H32Cl2N6O3. The maximum Gasteiger partial charge on any atom is 0.411 e. The number of aromatic nitrogens is 2. The van der Waals surface area contributed by atoms with Crippen LogP contribution in [-0.2, 0) is 17.7 Å². The molecule has 2 heterocycles. The first-order valence-corrected chi connectivity index (χ1v) is 14.5. The first-order chi connectivity index (χ1) is 20.4. The number of ether oxygens (including phenoxy) is 1. The Morgan fingerprint density at radius 1 is 1.02 bits per heavy atom. The smallest absolute Gasteiger partial charge is 0.411 e. The number of carbonyl (C=O) groups excluding carboxylic acids is 2. The van der Waals surface area contributed by atoms with Crippen LogP contribution in [0.5, 0.6) is 0 Å². The van der Waals surface area contributed by atoms with Crippen LogP contribution in [0.4, 0.5) is 21.0 Å². The van der Waals surface area contributed by atoms with Crippen molar-refractivity contribution in [2.45, 2.75) is 31.8 Å². The largest absolute Gasteiger partial charge is 0.453 e. The Hall–Kier alpha value is -4.21. The number of urea groups is 1. The predicted molar refractivity (Wildman–Crippen MR) is 166 cm³/mol. The van der Waals surface area contributed by atoms with Crippen molar-refractivity contribution in [2.75, 3.05) is 30.4 Å². The van der Waals surface area contributed by atoms with Crippen LogP contribution in [0, 0.1) is 0 Å². The number of methoxy groups -OCH3 is 1. The van der Waals surface area contributed by atoms with Crippen LogP contribution >= 0.6 is 23.2 Å². The number of nitrogens with one attached hydrogen (secondary N) is 4. The number of H-pyrrole nitrogens is 1. The lowest BCUT2D eigenvalue weighted by atomic mass is 10.1. The summed E-state index contributed by atoms with van der Waals surface area (Å²) in [5.74, 6) is 0.520. The summed E-state index contributed by atoms with van der Waals surface area (Å²) in [7, 11) is 1.30. The molecule has 0 aliphatic carbocycles. The lowest BCUT2D eigenvalue weighted by Crippen LogP contribution is -2.39. The van der Waals surface area contributed by atoms with Gasteiger partial charge in [0.1, 0.15) is 16.7 Å². The molecule has 1 aromatic heterocycles. The maximum atomic E-state index is 13.2. The van der Waals surface area contributed by atoms with E-state index >= 15 is 0 Å². The molecule has 4 N–H and O–H groups in total. The molecule has 0 radical (unpaired) electrons. The highest BCUT2D eigenvalue weighted by molar-refractivity contribution is 6.32. The van der Waals surface area contributed by atoms with Crippen LogP contribution in [0.25, 0.3) is 11.3 Å². The topological polar surface area (TPSA) is 111 Å². The molecule has 0 spiro atoms. The maximum absolute atomic E-state index is 13.2. The molecule has 0 unspecified atom stereocenters. The van der Waals surface area contributed by atoms with Gasteiger partial charge in [-0.2, -0.15) is 0 Å². The van der Waals surface area contributed by atoms with Crippen molar-refractivity contribution in [1.82, 2.24) is 20.6 Å². The molecule has 0 bridgehead atoms. The Labute approximate surface area is 254 Å². The standard InChI is InChI=1S/C31H32Cl2N6O3/c1-42-31(41)35-24-12-9-21(10-13-24)27-28(33)38-29(37-27)25(17-20-7-3-2-4-8-20)36-30(40)34-19-22-18-23(32)11-14-26(22)39-15-5-6-16-39/h2-4,7-14,18,25H,5-6,15-17,19H2,1H3,(H,35,41)(H,37,38)(H2,34,36,40)/t25-/m0/s1. The van der Waals surface area contributed by atoms with Gasteiger partial charge in [0.15, 0.2) is 0 Å². The summed E-state index contributed by atoms with van der Waals surface area (Å²) in [5, 5.41) is 9.66. The molecule has 0 saturated carbocycles. The summed E-state index contributed by atoms with van der Waals surface area (Å²) in [6, 6.07) is 21.9. The van der Waals surface area contributed by atoms with E-state index in [-0.39, 0.29) is 6.03 Å². The van der Waals surface area contributed by atoms with Crippen LogP contribution in [0.15, 0.2) is 72.8 Å². The molecule has 42 heavy (non-hydrogen) atoms. The molecule has 11 heteroatoms. The third-order valence-electron chi connectivity index (χ3n) is 7.11. The first kappa shape index (κ1) is 29.3. The van der Waals surface area contributed by atoms with Crippen molar-refractivity contribution in [1.29, 1.82) is 0 Å². The van der Waals surface area contributed by atoms with Crippen molar-refractivity contribution >= 4 is 46.7 Å². The Balaban J connectivity index is 1.33. The minimum absolute atomic E-state index is 0.326. The minimum atomic E-state index is -0.557. The quantitative estimate of drug-likeness (QED) is 0.165. The van der Waals surface area contributed by atoms with E-state index in [0.29, 0.717) is 40.3 Å². The number of halogens is 2. The Morgan fingerprint density at radius 2 is 1.76 bits per heavy atom. The van der Waals surface area contributed by atoms with Crippen LogP contribution in [0.2, 0.25) is 10.2 Å². The van der Waals surface area contributed by atoms with Crippen molar-refractivity contribution in [2.24, 2.45) is 0 Å². The van der Waals surface area contributed by atoms with E-state index in [1.54, 1.807) is 24.3 Å². The Bertz CT molecular complexity index is 1520. The van der Waals surface area contributed by atoms with Gasteiger partial charge in [-0.05, 0) is 60.7 Å². The van der Waals surface area contributed by atoms with Gasteiger partial charge in [-0.3, -0.25) is 5.32 Å². The van der Waals surface area contributed by atoms with E-state index in [1.807, 2.05) is 48.5 Å². The third-order valence-corrected chi connectivity index (χ3v) is 7.62. The van der Waals surface area contributed by atoms with Gasteiger partial charge in [-0.15, -0.1) is 0 Å². The number of benzene rings is 3. The van der Waals surface area contributed by atoms with Gasteiger partial charge in [0.2, 0.25) is 0 Å². The SMILES string of the molecule is COC(=O)Nc1ccc(-c2nc([C@H](Cc3ccccc3)NC(=O)NCc3cc(Cl)ccc3N3CCCC3)[nH]c2Cl)cc1. The fraction of sp³-hybridized carbons (Fsp3) is 0.258. The molecule has 9 nitrogen and oxygen atoms in total. The normalized spacial score (nSPS) is 13.5. The fourth-order valence-corrected chi connectivity index (χ4v) is 5.46. The van der Waals surface area contributed by atoms with Crippen LogP contribution in [0.3, 0.4) is 0 Å². The van der Waals surface area contributed by atoms with Crippen molar-refractivity contribution in [3.63, 3.8) is 0 Å². The summed E-state index contributed by atoms with van der Waals surface area (Å²) in [5.41, 5.74) is 4.94. The molecule has 218 valence electrons. The molecule has 5 rings (SSSR count). The number of nitrogens with zero attached hydrogens (tertiary/aromatic N) is 2. The minimum Gasteiger partial charge on any atom is -0.453 e.